The monoisotopic (exact) mass is 334 g/mol. The van der Waals surface area contributed by atoms with E-state index in [-0.39, 0.29) is 17.4 Å². The van der Waals surface area contributed by atoms with Crippen molar-refractivity contribution in [2.75, 3.05) is 33.4 Å². The fourth-order valence-corrected chi connectivity index (χ4v) is 3.17. The van der Waals surface area contributed by atoms with Crippen molar-refractivity contribution < 1.29 is 19.4 Å². The lowest BCUT2D eigenvalue weighted by Gasteiger charge is -2.32. The van der Waals surface area contributed by atoms with Crippen LogP contribution in [0.4, 0.5) is 0 Å². The minimum absolute atomic E-state index is 0. The number of nitrogens with zero attached hydrogens (tertiary/aromatic N) is 1. The topological polar surface area (TPSA) is 86.2 Å². The Morgan fingerprint density at radius 3 is 2.88 bits per heavy atom. The second-order valence-electron chi connectivity index (χ2n) is 6.08. The van der Waals surface area contributed by atoms with E-state index < -0.39 is 0 Å². The molecule has 0 saturated carbocycles. The maximum Gasteiger partial charge on any atom is 0.255 e. The largest absolute Gasteiger partial charge is 0.464 e. The molecule has 1 fully saturated rings. The Morgan fingerprint density at radius 2 is 2.12 bits per heavy atom. The number of methoxy groups -OCH3 is 1. The summed E-state index contributed by atoms with van der Waals surface area (Å²) in [5, 5.41) is 4.12. The van der Waals surface area contributed by atoms with Crippen LogP contribution in [-0.2, 0) is 4.74 Å². The van der Waals surface area contributed by atoms with Gasteiger partial charge in [0.25, 0.3) is 5.91 Å². The molecule has 132 valence electrons. The molecule has 0 unspecified atom stereocenters. The van der Waals surface area contributed by atoms with Crippen molar-refractivity contribution >= 4 is 16.9 Å². The molecule has 0 bridgehead atoms. The van der Waals surface area contributed by atoms with E-state index in [0.717, 1.165) is 50.9 Å². The number of likely N-dealkylation sites (tertiary alicyclic amines) is 1. The summed E-state index contributed by atoms with van der Waals surface area (Å²) in [6.45, 7) is 3.93. The van der Waals surface area contributed by atoms with Gasteiger partial charge in [0.15, 0.2) is 0 Å². The molecule has 0 radical (unpaired) electrons. The zero-order valence-electron chi connectivity index (χ0n) is 14.1. The Labute approximate surface area is 142 Å². The summed E-state index contributed by atoms with van der Waals surface area (Å²) in [6, 6.07) is 7.79. The molecule has 3 N–H and O–H groups in total. The average Bonchev–Trinajstić information content (AvgIpc) is 3.05. The van der Waals surface area contributed by atoms with Crippen molar-refractivity contribution in [1.29, 1.82) is 0 Å². The van der Waals surface area contributed by atoms with E-state index in [4.69, 9.17) is 9.15 Å². The standard InChI is InChI=1S/C18H24N2O3.H2O/c1-22-12-3-9-20-10-6-15(7-11-20)19-18(21)16-5-2-4-14-8-13-23-17(14)16;/h2,4-5,8,13,15H,3,6-7,9-12H2,1H3,(H,19,21);1H2. The highest BCUT2D eigenvalue weighted by atomic mass is 16.5. The molecule has 1 aliphatic heterocycles. The number of hydrogen-bond donors (Lipinski definition) is 1. The number of piperidine rings is 1. The number of fused-ring (bicyclic) bond motifs is 1. The van der Waals surface area contributed by atoms with E-state index >= 15 is 0 Å². The van der Waals surface area contributed by atoms with Crippen LogP contribution in [0.15, 0.2) is 34.9 Å². The van der Waals surface area contributed by atoms with Crippen molar-refractivity contribution in [3.05, 3.63) is 36.1 Å². The molecule has 2 aromatic rings. The Balaban J connectivity index is 0.00000208. The normalized spacial score (nSPS) is 16.0. The number of hydrogen-bond acceptors (Lipinski definition) is 4. The maximum atomic E-state index is 12.5. The van der Waals surface area contributed by atoms with Crippen molar-refractivity contribution in [1.82, 2.24) is 10.2 Å². The summed E-state index contributed by atoms with van der Waals surface area (Å²) in [6.07, 6.45) is 4.67. The molecule has 6 heteroatoms. The predicted octanol–water partition coefficient (Wildman–Crippen LogP) is 1.84. The first-order valence-corrected chi connectivity index (χ1v) is 8.26. The summed E-state index contributed by atoms with van der Waals surface area (Å²) in [7, 11) is 1.74. The number of benzene rings is 1. The van der Waals surface area contributed by atoms with Gasteiger partial charge in [-0.3, -0.25) is 4.79 Å². The molecule has 3 rings (SSSR count). The molecule has 0 atom stereocenters. The summed E-state index contributed by atoms with van der Waals surface area (Å²) >= 11 is 0. The molecular formula is C18H26N2O4. The molecule has 0 spiro atoms. The molecule has 1 aromatic carbocycles. The van der Waals surface area contributed by atoms with Crippen LogP contribution in [0.1, 0.15) is 29.6 Å². The lowest BCUT2D eigenvalue weighted by atomic mass is 10.0. The Hall–Kier alpha value is -1.89. The minimum atomic E-state index is -0.0385. The minimum Gasteiger partial charge on any atom is -0.464 e. The van der Waals surface area contributed by atoms with Crippen LogP contribution in [0.2, 0.25) is 0 Å². The Kier molecular flexibility index (Phi) is 6.78. The van der Waals surface area contributed by atoms with Crippen LogP contribution in [-0.4, -0.2) is 55.7 Å². The van der Waals surface area contributed by atoms with Gasteiger partial charge in [0.05, 0.1) is 11.8 Å². The maximum absolute atomic E-state index is 12.5. The first kappa shape index (κ1) is 18.4. The van der Waals surface area contributed by atoms with Gasteiger partial charge in [-0.05, 0) is 31.4 Å². The number of nitrogens with one attached hydrogen (secondary N) is 1. The molecule has 6 nitrogen and oxygen atoms in total. The van der Waals surface area contributed by atoms with E-state index in [1.807, 2.05) is 24.3 Å². The van der Waals surface area contributed by atoms with Gasteiger partial charge in [0.1, 0.15) is 5.58 Å². The van der Waals surface area contributed by atoms with Gasteiger partial charge in [0.2, 0.25) is 0 Å². The van der Waals surface area contributed by atoms with Crippen molar-refractivity contribution in [2.24, 2.45) is 0 Å². The van der Waals surface area contributed by atoms with E-state index in [2.05, 4.69) is 10.2 Å². The van der Waals surface area contributed by atoms with Crippen molar-refractivity contribution in [3.63, 3.8) is 0 Å². The number of ether oxygens (including phenoxy) is 1. The highest BCUT2D eigenvalue weighted by Crippen LogP contribution is 2.20. The zero-order chi connectivity index (χ0) is 16.1. The number of carbonyl (C=O) groups excluding carboxylic acids is 1. The number of carbonyl (C=O) groups is 1. The molecule has 1 aliphatic rings. The fraction of sp³-hybridized carbons (Fsp3) is 0.500. The second-order valence-corrected chi connectivity index (χ2v) is 6.08. The summed E-state index contributed by atoms with van der Waals surface area (Å²) in [4.78, 5) is 15.0. The Morgan fingerprint density at radius 1 is 1.33 bits per heavy atom. The molecule has 1 saturated heterocycles. The molecule has 24 heavy (non-hydrogen) atoms. The van der Waals surface area contributed by atoms with Gasteiger partial charge in [-0.2, -0.15) is 0 Å². The molecule has 1 aromatic heterocycles. The lowest BCUT2D eigenvalue weighted by Crippen LogP contribution is -2.45. The highest BCUT2D eigenvalue weighted by Gasteiger charge is 2.22. The molecule has 1 amide bonds. The third-order valence-corrected chi connectivity index (χ3v) is 4.47. The zero-order valence-corrected chi connectivity index (χ0v) is 14.1. The molecule has 0 aliphatic carbocycles. The van der Waals surface area contributed by atoms with Crippen LogP contribution in [0.25, 0.3) is 11.0 Å². The second kappa shape index (κ2) is 8.82. The highest BCUT2D eigenvalue weighted by molar-refractivity contribution is 6.04. The van der Waals surface area contributed by atoms with Crippen LogP contribution in [0.5, 0.6) is 0 Å². The van der Waals surface area contributed by atoms with E-state index in [9.17, 15) is 4.79 Å². The van der Waals surface area contributed by atoms with Gasteiger partial charge < -0.3 is 24.8 Å². The lowest BCUT2D eigenvalue weighted by molar-refractivity contribution is 0.0908. The first-order valence-electron chi connectivity index (χ1n) is 8.26. The summed E-state index contributed by atoms with van der Waals surface area (Å²) in [5.74, 6) is -0.0385. The quantitative estimate of drug-likeness (QED) is 0.817. The molecular weight excluding hydrogens is 308 g/mol. The van der Waals surface area contributed by atoms with E-state index in [0.29, 0.717) is 11.1 Å². The van der Waals surface area contributed by atoms with Gasteiger partial charge in [-0.1, -0.05) is 12.1 Å². The summed E-state index contributed by atoms with van der Waals surface area (Å²) < 4.78 is 10.5. The number of amides is 1. The Bertz CT molecular complexity index is 647. The van der Waals surface area contributed by atoms with Gasteiger partial charge in [-0.15, -0.1) is 0 Å². The summed E-state index contributed by atoms with van der Waals surface area (Å²) in [5.41, 5.74) is 1.29. The van der Waals surface area contributed by atoms with Gasteiger partial charge in [0, 0.05) is 44.8 Å². The van der Waals surface area contributed by atoms with Gasteiger partial charge in [-0.25, -0.2) is 0 Å². The first-order chi connectivity index (χ1) is 11.3. The smallest absolute Gasteiger partial charge is 0.255 e. The third kappa shape index (κ3) is 4.35. The SMILES string of the molecule is COCCCN1CCC(NC(=O)c2cccc3ccoc23)CC1.O. The predicted molar refractivity (Wildman–Crippen MR) is 93.2 cm³/mol. The fourth-order valence-electron chi connectivity index (χ4n) is 3.17. The third-order valence-electron chi connectivity index (χ3n) is 4.47. The van der Waals surface area contributed by atoms with E-state index in [1.54, 1.807) is 13.4 Å². The number of furan rings is 1. The van der Waals surface area contributed by atoms with Crippen LogP contribution in [0.3, 0.4) is 0 Å². The van der Waals surface area contributed by atoms with E-state index in [1.165, 1.54) is 0 Å². The van der Waals surface area contributed by atoms with Crippen LogP contribution >= 0.6 is 0 Å². The van der Waals surface area contributed by atoms with Crippen molar-refractivity contribution in [3.8, 4) is 0 Å². The van der Waals surface area contributed by atoms with Crippen LogP contribution < -0.4 is 5.32 Å². The number of rotatable bonds is 6. The average molecular weight is 334 g/mol. The molecule has 2 heterocycles. The van der Waals surface area contributed by atoms with Crippen molar-refractivity contribution in [2.45, 2.75) is 25.3 Å². The number of para-hydroxylation sites is 1. The van der Waals surface area contributed by atoms with Crippen LogP contribution in [0, 0.1) is 0 Å². The van der Waals surface area contributed by atoms with Gasteiger partial charge >= 0.3 is 0 Å².